The molecule has 0 aliphatic heterocycles. The standard InChI is InChI=1S/C43H68NO8P/c1-3-5-7-9-11-13-15-17-19-20-22-24-26-28-30-32-34-36-43(46)52-41(40-51-53(47,48)50-38-37-44)39-49-42(45)35-33-31-29-27-25-23-21-18-16-14-12-10-8-6-4-2/h5-8,10-14,16-19,21-22,24,28,30,41H,3-4,9,15,20,23,25-27,29,31-40,44H2,1-2H3,(H,47,48)/b7-5+,8-6+,12-10+,13-11+,16-14+,19-17+,21-18+,24-22+,30-28+/t41-/m1/s1. The number of phosphoric ester groups is 1. The van der Waals surface area contributed by atoms with Crippen LogP contribution in [0.5, 0.6) is 0 Å². The minimum absolute atomic E-state index is 0.0338. The van der Waals surface area contributed by atoms with E-state index in [1.165, 1.54) is 0 Å². The Labute approximate surface area is 320 Å². The predicted octanol–water partition coefficient (Wildman–Crippen LogP) is 10.8. The molecular weight excluding hydrogens is 689 g/mol. The van der Waals surface area contributed by atoms with Crippen molar-refractivity contribution in [1.82, 2.24) is 0 Å². The number of rotatable bonds is 34. The van der Waals surface area contributed by atoms with Gasteiger partial charge in [0.15, 0.2) is 6.10 Å². The van der Waals surface area contributed by atoms with E-state index in [4.69, 9.17) is 24.3 Å². The van der Waals surface area contributed by atoms with Gasteiger partial charge in [-0.3, -0.25) is 18.6 Å². The van der Waals surface area contributed by atoms with Crippen LogP contribution in [0.1, 0.15) is 117 Å². The molecule has 0 aromatic heterocycles. The summed E-state index contributed by atoms with van der Waals surface area (Å²) < 4.78 is 32.6. The molecule has 0 heterocycles. The van der Waals surface area contributed by atoms with Gasteiger partial charge in [0, 0.05) is 19.4 Å². The van der Waals surface area contributed by atoms with Crippen LogP contribution in [-0.2, 0) is 32.7 Å². The first-order valence-corrected chi connectivity index (χ1v) is 20.9. The number of carbonyl (C=O) groups is 2. The van der Waals surface area contributed by atoms with Gasteiger partial charge >= 0.3 is 19.8 Å². The van der Waals surface area contributed by atoms with E-state index in [0.717, 1.165) is 70.6 Å². The van der Waals surface area contributed by atoms with Crippen LogP contribution in [0.2, 0.25) is 0 Å². The molecule has 0 aromatic carbocycles. The van der Waals surface area contributed by atoms with E-state index in [1.807, 2.05) is 36.5 Å². The minimum Gasteiger partial charge on any atom is -0.462 e. The fourth-order valence-electron chi connectivity index (χ4n) is 4.44. The molecular formula is C43H68NO8P. The Bertz CT molecular complexity index is 1230. The lowest BCUT2D eigenvalue weighted by molar-refractivity contribution is -0.161. The normalized spacial score (nSPS) is 14.6. The fourth-order valence-corrected chi connectivity index (χ4v) is 5.21. The number of hydrogen-bond acceptors (Lipinski definition) is 8. The maximum absolute atomic E-state index is 12.5. The smallest absolute Gasteiger partial charge is 0.462 e. The summed E-state index contributed by atoms with van der Waals surface area (Å²) in [6.45, 7) is 3.34. The molecule has 9 nitrogen and oxygen atoms in total. The van der Waals surface area contributed by atoms with Gasteiger partial charge in [0.2, 0.25) is 0 Å². The van der Waals surface area contributed by atoms with Crippen LogP contribution in [0.4, 0.5) is 0 Å². The van der Waals surface area contributed by atoms with Crippen molar-refractivity contribution in [1.29, 1.82) is 0 Å². The average molecular weight is 758 g/mol. The van der Waals surface area contributed by atoms with Gasteiger partial charge in [-0.05, 0) is 70.6 Å². The number of esters is 2. The number of allylic oxidation sites excluding steroid dienone is 18. The van der Waals surface area contributed by atoms with Gasteiger partial charge in [-0.25, -0.2) is 4.57 Å². The van der Waals surface area contributed by atoms with E-state index < -0.39 is 32.5 Å². The highest BCUT2D eigenvalue weighted by Gasteiger charge is 2.25. The van der Waals surface area contributed by atoms with Crippen LogP contribution < -0.4 is 5.73 Å². The van der Waals surface area contributed by atoms with Gasteiger partial charge in [-0.2, -0.15) is 0 Å². The number of phosphoric acid groups is 1. The molecule has 0 spiro atoms. The number of nitrogens with two attached hydrogens (primary N) is 1. The summed E-state index contributed by atoms with van der Waals surface area (Å²) in [5, 5.41) is 0. The van der Waals surface area contributed by atoms with Crippen LogP contribution >= 0.6 is 7.82 Å². The molecule has 0 fully saturated rings. The SMILES string of the molecule is CC/C=C/C=C/C=C/C=C/CCCCCCCC(=O)OC[C@H](COP(=O)(O)OCCN)OC(=O)CCC/C=C/C/C=C/C/C=C/C/C=C/C/C=C/CC. The lowest BCUT2D eigenvalue weighted by atomic mass is 10.1. The van der Waals surface area contributed by atoms with Crippen molar-refractivity contribution < 1.29 is 37.6 Å². The molecule has 0 rings (SSSR count). The molecule has 0 aliphatic rings. The zero-order valence-corrected chi connectivity index (χ0v) is 33.3. The summed E-state index contributed by atoms with van der Waals surface area (Å²) in [7, 11) is -4.40. The lowest BCUT2D eigenvalue weighted by Crippen LogP contribution is -2.29. The predicted molar refractivity (Wildman–Crippen MR) is 219 cm³/mol. The van der Waals surface area contributed by atoms with Crippen molar-refractivity contribution in [3.05, 3.63) is 109 Å². The van der Waals surface area contributed by atoms with E-state index >= 15 is 0 Å². The fraction of sp³-hybridized carbons (Fsp3) is 0.535. The van der Waals surface area contributed by atoms with Crippen molar-refractivity contribution in [3.8, 4) is 0 Å². The molecule has 3 N–H and O–H groups in total. The zero-order valence-electron chi connectivity index (χ0n) is 32.4. The highest BCUT2D eigenvalue weighted by Crippen LogP contribution is 2.43. The topological polar surface area (TPSA) is 134 Å². The quantitative estimate of drug-likeness (QED) is 0.0216. The number of hydrogen-bond donors (Lipinski definition) is 2. The first-order chi connectivity index (χ1) is 25.8. The largest absolute Gasteiger partial charge is 0.472 e. The van der Waals surface area contributed by atoms with Crippen molar-refractivity contribution in [2.45, 2.75) is 123 Å². The molecule has 2 atom stereocenters. The Morgan fingerprint density at radius 1 is 0.585 bits per heavy atom. The van der Waals surface area contributed by atoms with Crippen molar-refractivity contribution in [2.75, 3.05) is 26.4 Å². The summed E-state index contributed by atoms with van der Waals surface area (Å²) >= 11 is 0. The van der Waals surface area contributed by atoms with Crippen LogP contribution in [0.3, 0.4) is 0 Å². The van der Waals surface area contributed by atoms with Crippen LogP contribution in [0, 0.1) is 0 Å². The third-order valence-electron chi connectivity index (χ3n) is 7.25. The number of unbranched alkanes of at least 4 members (excludes halogenated alkanes) is 6. The summed E-state index contributed by atoms with van der Waals surface area (Å²) in [6, 6.07) is 0. The van der Waals surface area contributed by atoms with Gasteiger partial charge in [0.1, 0.15) is 6.61 Å². The van der Waals surface area contributed by atoms with Gasteiger partial charge in [0.25, 0.3) is 0 Å². The van der Waals surface area contributed by atoms with Gasteiger partial charge in [-0.1, -0.05) is 142 Å². The highest BCUT2D eigenvalue weighted by atomic mass is 31.2. The van der Waals surface area contributed by atoms with Crippen LogP contribution in [0.25, 0.3) is 0 Å². The van der Waals surface area contributed by atoms with E-state index in [1.54, 1.807) is 0 Å². The molecule has 0 saturated carbocycles. The first-order valence-electron chi connectivity index (χ1n) is 19.4. The monoisotopic (exact) mass is 757 g/mol. The second-order valence-electron chi connectivity index (χ2n) is 12.1. The first kappa shape index (κ1) is 49.7. The van der Waals surface area contributed by atoms with Gasteiger partial charge < -0.3 is 20.1 Å². The summed E-state index contributed by atoms with van der Waals surface area (Å²) in [6.07, 6.45) is 49.8. The Hall–Kier alpha value is -3.33. The third-order valence-corrected chi connectivity index (χ3v) is 8.23. The van der Waals surface area contributed by atoms with Crippen molar-refractivity contribution >= 4 is 19.8 Å². The van der Waals surface area contributed by atoms with E-state index in [2.05, 4.69) is 86.8 Å². The average Bonchev–Trinajstić information content (AvgIpc) is 3.14. The summed E-state index contributed by atoms with van der Waals surface area (Å²) in [5.74, 6) is -0.940. The Morgan fingerprint density at radius 3 is 1.72 bits per heavy atom. The second-order valence-corrected chi connectivity index (χ2v) is 13.6. The highest BCUT2D eigenvalue weighted by molar-refractivity contribution is 7.47. The maximum Gasteiger partial charge on any atom is 0.472 e. The zero-order chi connectivity index (χ0) is 38.9. The molecule has 0 bridgehead atoms. The summed E-state index contributed by atoms with van der Waals surface area (Å²) in [5.41, 5.74) is 5.33. The molecule has 0 radical (unpaired) electrons. The molecule has 298 valence electrons. The van der Waals surface area contributed by atoms with Gasteiger partial charge in [-0.15, -0.1) is 0 Å². The second kappa shape index (κ2) is 38.4. The van der Waals surface area contributed by atoms with E-state index in [0.29, 0.717) is 19.3 Å². The Morgan fingerprint density at radius 2 is 1.09 bits per heavy atom. The Kier molecular flexibility index (Phi) is 36.0. The van der Waals surface area contributed by atoms with Crippen molar-refractivity contribution in [3.63, 3.8) is 0 Å². The van der Waals surface area contributed by atoms with Crippen LogP contribution in [0.15, 0.2) is 109 Å². The molecule has 0 amide bonds. The minimum atomic E-state index is -4.40. The molecule has 0 saturated heterocycles. The summed E-state index contributed by atoms with van der Waals surface area (Å²) in [4.78, 5) is 34.7. The Balaban J connectivity index is 4.39. The molecule has 53 heavy (non-hydrogen) atoms. The molecule has 10 heteroatoms. The number of ether oxygens (including phenoxy) is 2. The van der Waals surface area contributed by atoms with E-state index in [9.17, 15) is 19.0 Å². The maximum atomic E-state index is 12.5. The van der Waals surface area contributed by atoms with Crippen molar-refractivity contribution in [2.24, 2.45) is 5.73 Å². The molecule has 1 unspecified atom stereocenters. The van der Waals surface area contributed by atoms with E-state index in [-0.39, 0.29) is 32.6 Å². The van der Waals surface area contributed by atoms with Crippen LogP contribution in [-0.4, -0.2) is 49.3 Å². The molecule has 0 aromatic rings. The third kappa shape index (κ3) is 38.2. The number of carbonyl (C=O) groups excluding carboxylic acids is 2. The lowest BCUT2D eigenvalue weighted by Gasteiger charge is -2.19. The molecule has 0 aliphatic carbocycles. The van der Waals surface area contributed by atoms with Gasteiger partial charge in [0.05, 0.1) is 13.2 Å².